The van der Waals surface area contributed by atoms with Crippen molar-refractivity contribution in [2.45, 2.75) is 20.3 Å². The van der Waals surface area contributed by atoms with Gasteiger partial charge in [0.1, 0.15) is 0 Å². The zero-order valence-corrected chi connectivity index (χ0v) is 11.1. The van der Waals surface area contributed by atoms with E-state index in [0.717, 1.165) is 17.0 Å². The van der Waals surface area contributed by atoms with Crippen molar-refractivity contribution in [1.82, 2.24) is 15.2 Å². The Morgan fingerprint density at radius 3 is 2.89 bits per heavy atom. The summed E-state index contributed by atoms with van der Waals surface area (Å²) in [6, 6.07) is 3.78. The second kappa shape index (κ2) is 5.68. The monoisotopic (exact) mass is 262 g/mol. The molecule has 0 N–H and O–H groups in total. The van der Waals surface area contributed by atoms with Crippen molar-refractivity contribution in [2.75, 3.05) is 11.4 Å². The van der Waals surface area contributed by atoms with Gasteiger partial charge in [-0.15, -0.1) is 10.2 Å². The van der Waals surface area contributed by atoms with Crippen LogP contribution >= 0.6 is 11.3 Å². The van der Waals surface area contributed by atoms with E-state index in [1.165, 1.54) is 11.3 Å². The normalized spacial score (nSPS) is 10.3. The molecule has 0 saturated carbocycles. The molecule has 0 fully saturated rings. The maximum absolute atomic E-state index is 11.5. The molecule has 0 bridgehead atoms. The van der Waals surface area contributed by atoms with Crippen molar-refractivity contribution in [3.8, 4) is 10.6 Å². The van der Waals surface area contributed by atoms with Crippen LogP contribution in [0.1, 0.15) is 20.3 Å². The van der Waals surface area contributed by atoms with Gasteiger partial charge in [0, 0.05) is 31.4 Å². The standard InChI is InChI=1S/C12H14N4OS/c1-3-7-16(9(2)17)12-15-14-11(18-12)10-5-4-6-13-8-10/h4-6,8H,3,7H2,1-2H3. The van der Waals surface area contributed by atoms with Crippen molar-refractivity contribution in [3.63, 3.8) is 0 Å². The number of nitrogens with zero attached hydrogens (tertiary/aromatic N) is 4. The first kappa shape index (κ1) is 12.6. The Hall–Kier alpha value is -1.82. The van der Waals surface area contributed by atoms with Crippen LogP contribution in [0.25, 0.3) is 10.6 Å². The number of carbonyl (C=O) groups excluding carboxylic acids is 1. The smallest absolute Gasteiger partial charge is 0.225 e. The van der Waals surface area contributed by atoms with E-state index < -0.39 is 0 Å². The maximum Gasteiger partial charge on any atom is 0.225 e. The summed E-state index contributed by atoms with van der Waals surface area (Å²) in [5.74, 6) is -0.00858. The molecule has 2 aromatic rings. The largest absolute Gasteiger partial charge is 0.287 e. The Morgan fingerprint density at radius 1 is 1.44 bits per heavy atom. The molecule has 0 aromatic carbocycles. The summed E-state index contributed by atoms with van der Waals surface area (Å²) >= 11 is 1.41. The Labute approximate surface area is 110 Å². The zero-order valence-electron chi connectivity index (χ0n) is 10.3. The topological polar surface area (TPSA) is 59.0 Å². The van der Waals surface area contributed by atoms with Gasteiger partial charge < -0.3 is 0 Å². The molecule has 5 nitrogen and oxygen atoms in total. The Balaban J connectivity index is 2.27. The van der Waals surface area contributed by atoms with Gasteiger partial charge in [-0.2, -0.15) is 0 Å². The number of aromatic nitrogens is 3. The third-order valence-corrected chi connectivity index (χ3v) is 3.38. The molecule has 1 amide bonds. The van der Waals surface area contributed by atoms with E-state index >= 15 is 0 Å². The molecule has 2 heterocycles. The van der Waals surface area contributed by atoms with E-state index in [4.69, 9.17) is 0 Å². The molecule has 0 spiro atoms. The van der Waals surface area contributed by atoms with Crippen LogP contribution in [0.15, 0.2) is 24.5 Å². The van der Waals surface area contributed by atoms with Crippen LogP contribution in [0.2, 0.25) is 0 Å². The fraction of sp³-hybridized carbons (Fsp3) is 0.333. The number of anilines is 1. The first-order valence-corrected chi connectivity index (χ1v) is 6.56. The Bertz CT molecular complexity index is 526. The highest BCUT2D eigenvalue weighted by Gasteiger charge is 2.16. The van der Waals surface area contributed by atoms with Crippen LogP contribution in [-0.2, 0) is 4.79 Å². The highest BCUT2D eigenvalue weighted by Crippen LogP contribution is 2.28. The lowest BCUT2D eigenvalue weighted by Gasteiger charge is -2.15. The minimum atomic E-state index is -0.00858. The first-order chi connectivity index (χ1) is 8.72. The lowest BCUT2D eigenvalue weighted by molar-refractivity contribution is -0.116. The third-order valence-electron chi connectivity index (χ3n) is 2.38. The van der Waals surface area contributed by atoms with E-state index in [9.17, 15) is 4.79 Å². The second-order valence-electron chi connectivity index (χ2n) is 3.80. The molecular formula is C12H14N4OS. The molecule has 6 heteroatoms. The van der Waals surface area contributed by atoms with E-state index in [2.05, 4.69) is 15.2 Å². The van der Waals surface area contributed by atoms with Crippen LogP contribution in [-0.4, -0.2) is 27.6 Å². The summed E-state index contributed by atoms with van der Waals surface area (Å²) in [5.41, 5.74) is 0.918. The fourth-order valence-electron chi connectivity index (χ4n) is 1.54. The fourth-order valence-corrected chi connectivity index (χ4v) is 2.45. The van der Waals surface area contributed by atoms with Gasteiger partial charge in [-0.25, -0.2) is 0 Å². The highest BCUT2D eigenvalue weighted by molar-refractivity contribution is 7.18. The molecular weight excluding hydrogens is 248 g/mol. The van der Waals surface area contributed by atoms with Gasteiger partial charge in [-0.1, -0.05) is 18.3 Å². The van der Waals surface area contributed by atoms with Crippen LogP contribution in [0.5, 0.6) is 0 Å². The van der Waals surface area contributed by atoms with Crippen molar-refractivity contribution >= 4 is 22.4 Å². The van der Waals surface area contributed by atoms with E-state index in [0.29, 0.717) is 11.7 Å². The minimum Gasteiger partial charge on any atom is -0.287 e. The van der Waals surface area contributed by atoms with Gasteiger partial charge >= 0.3 is 0 Å². The quantitative estimate of drug-likeness (QED) is 0.848. The Morgan fingerprint density at radius 2 is 2.28 bits per heavy atom. The number of carbonyl (C=O) groups is 1. The summed E-state index contributed by atoms with van der Waals surface area (Å²) in [5, 5.41) is 9.61. The second-order valence-corrected chi connectivity index (χ2v) is 4.76. The van der Waals surface area contributed by atoms with Crippen LogP contribution < -0.4 is 4.90 Å². The zero-order chi connectivity index (χ0) is 13.0. The Kier molecular flexibility index (Phi) is 3.99. The number of rotatable bonds is 4. The predicted molar refractivity (Wildman–Crippen MR) is 71.5 cm³/mol. The summed E-state index contributed by atoms with van der Waals surface area (Å²) in [6.45, 7) is 4.23. The predicted octanol–water partition coefficient (Wildman–Crippen LogP) is 2.36. The molecule has 0 atom stereocenters. The van der Waals surface area contributed by atoms with Gasteiger partial charge in [-0.3, -0.25) is 14.7 Å². The summed E-state index contributed by atoms with van der Waals surface area (Å²) in [7, 11) is 0. The van der Waals surface area contributed by atoms with Crippen LogP contribution in [0.4, 0.5) is 5.13 Å². The minimum absolute atomic E-state index is 0.00858. The summed E-state index contributed by atoms with van der Waals surface area (Å²) in [4.78, 5) is 17.2. The highest BCUT2D eigenvalue weighted by atomic mass is 32.1. The van der Waals surface area contributed by atoms with Crippen LogP contribution in [0, 0.1) is 0 Å². The van der Waals surface area contributed by atoms with Crippen molar-refractivity contribution in [2.24, 2.45) is 0 Å². The number of pyridine rings is 1. The molecule has 2 rings (SSSR count). The molecule has 2 aromatic heterocycles. The van der Waals surface area contributed by atoms with E-state index in [1.54, 1.807) is 24.2 Å². The lowest BCUT2D eigenvalue weighted by atomic mass is 10.3. The van der Waals surface area contributed by atoms with Crippen molar-refractivity contribution in [3.05, 3.63) is 24.5 Å². The van der Waals surface area contributed by atoms with E-state index in [-0.39, 0.29) is 5.91 Å². The molecule has 94 valence electrons. The number of hydrogen-bond acceptors (Lipinski definition) is 5. The van der Waals surface area contributed by atoms with Crippen LogP contribution in [0.3, 0.4) is 0 Å². The number of hydrogen-bond donors (Lipinski definition) is 0. The molecule has 0 aliphatic heterocycles. The average molecular weight is 262 g/mol. The lowest BCUT2D eigenvalue weighted by Crippen LogP contribution is -2.28. The maximum atomic E-state index is 11.5. The molecule has 18 heavy (non-hydrogen) atoms. The number of amides is 1. The SMILES string of the molecule is CCCN(C(C)=O)c1nnc(-c2cccnc2)s1. The van der Waals surface area contributed by atoms with Gasteiger partial charge in [0.15, 0.2) is 5.01 Å². The third kappa shape index (κ3) is 2.70. The van der Waals surface area contributed by atoms with Gasteiger partial charge in [0.05, 0.1) is 0 Å². The first-order valence-electron chi connectivity index (χ1n) is 5.74. The van der Waals surface area contributed by atoms with Gasteiger partial charge in [-0.05, 0) is 18.6 Å². The van der Waals surface area contributed by atoms with Gasteiger partial charge in [0.2, 0.25) is 11.0 Å². The van der Waals surface area contributed by atoms with Crippen molar-refractivity contribution in [1.29, 1.82) is 0 Å². The summed E-state index contributed by atoms with van der Waals surface area (Å²) in [6.07, 6.45) is 4.34. The molecule has 0 aliphatic rings. The van der Waals surface area contributed by atoms with Gasteiger partial charge in [0.25, 0.3) is 0 Å². The molecule has 0 unspecified atom stereocenters. The summed E-state index contributed by atoms with van der Waals surface area (Å²) < 4.78 is 0. The average Bonchev–Trinajstić information content (AvgIpc) is 2.86. The molecule has 0 saturated heterocycles. The molecule has 0 radical (unpaired) electrons. The van der Waals surface area contributed by atoms with E-state index in [1.807, 2.05) is 19.1 Å². The molecule has 0 aliphatic carbocycles. The van der Waals surface area contributed by atoms with Crippen molar-refractivity contribution < 1.29 is 4.79 Å².